The molecule has 2 heterocycles. The first kappa shape index (κ1) is 15.6. The zero-order valence-corrected chi connectivity index (χ0v) is 12.7. The van der Waals surface area contributed by atoms with Crippen LogP contribution in [-0.2, 0) is 0 Å². The number of aromatic carboxylic acids is 1. The van der Waals surface area contributed by atoms with E-state index in [0.717, 1.165) is 11.3 Å². The highest BCUT2D eigenvalue weighted by molar-refractivity contribution is 5.86. The van der Waals surface area contributed by atoms with E-state index < -0.39 is 11.9 Å². The Kier molecular flexibility index (Phi) is 3.87. The number of hydrogen-bond acceptors (Lipinski definition) is 3. The van der Waals surface area contributed by atoms with Crippen LogP contribution in [0.15, 0.2) is 24.7 Å². The number of aryl methyl sites for hydroxylation is 1. The molecule has 0 saturated heterocycles. The summed E-state index contributed by atoms with van der Waals surface area (Å²) in [6.45, 7) is 1.89. The van der Waals surface area contributed by atoms with Crippen LogP contribution in [-0.4, -0.2) is 31.8 Å². The van der Waals surface area contributed by atoms with Crippen molar-refractivity contribution in [1.29, 1.82) is 0 Å². The first-order chi connectivity index (χ1) is 10.9. The summed E-state index contributed by atoms with van der Waals surface area (Å²) < 4.78 is 28.0. The minimum absolute atomic E-state index is 0.0517. The Morgan fingerprint density at radius 1 is 1.35 bits per heavy atom. The van der Waals surface area contributed by atoms with Crippen molar-refractivity contribution in [2.24, 2.45) is 0 Å². The van der Waals surface area contributed by atoms with Crippen LogP contribution >= 0.6 is 0 Å². The van der Waals surface area contributed by atoms with E-state index in [4.69, 9.17) is 5.11 Å². The Morgan fingerprint density at radius 3 is 2.61 bits per heavy atom. The number of halogens is 2. The van der Waals surface area contributed by atoms with Gasteiger partial charge in [-0.1, -0.05) is 0 Å². The molecule has 2 aromatic heterocycles. The molecule has 0 amide bonds. The third-order valence-corrected chi connectivity index (χ3v) is 4.30. The Morgan fingerprint density at radius 2 is 2.04 bits per heavy atom. The Balaban J connectivity index is 1.82. The molecule has 0 unspecified atom stereocenters. The van der Waals surface area contributed by atoms with Gasteiger partial charge in [0.05, 0.1) is 23.6 Å². The molecule has 5 nitrogen and oxygen atoms in total. The molecular weight excluding hydrogens is 304 g/mol. The average Bonchev–Trinajstić information content (AvgIpc) is 2.98. The van der Waals surface area contributed by atoms with Gasteiger partial charge in [0.15, 0.2) is 0 Å². The molecule has 2 aromatic rings. The molecular formula is C16H17F2N3O2. The Hall–Kier alpha value is -2.31. The highest BCUT2D eigenvalue weighted by Crippen LogP contribution is 2.41. The normalized spacial score (nSPS) is 18.0. The Bertz CT molecular complexity index is 733. The van der Waals surface area contributed by atoms with Gasteiger partial charge in [-0.05, 0) is 31.4 Å². The molecule has 1 aliphatic carbocycles. The van der Waals surface area contributed by atoms with E-state index in [1.54, 1.807) is 6.20 Å². The lowest BCUT2D eigenvalue weighted by Gasteiger charge is -2.28. The predicted octanol–water partition coefficient (Wildman–Crippen LogP) is 3.57. The highest BCUT2D eigenvalue weighted by Gasteiger charge is 2.36. The second-order valence-electron chi connectivity index (χ2n) is 6.00. The van der Waals surface area contributed by atoms with Crippen LogP contribution in [0.4, 0.5) is 8.78 Å². The molecule has 0 aromatic carbocycles. The fourth-order valence-electron chi connectivity index (χ4n) is 3.01. The largest absolute Gasteiger partial charge is 0.478 e. The molecule has 0 atom stereocenters. The lowest BCUT2D eigenvalue weighted by Crippen LogP contribution is -2.24. The molecule has 7 heteroatoms. The maximum atomic E-state index is 13.3. The average molecular weight is 321 g/mol. The number of hydrogen-bond donors (Lipinski definition) is 1. The summed E-state index contributed by atoms with van der Waals surface area (Å²) in [5.74, 6) is -3.54. The van der Waals surface area contributed by atoms with Crippen molar-refractivity contribution in [3.63, 3.8) is 0 Å². The zero-order valence-electron chi connectivity index (χ0n) is 12.7. The number of nitrogens with zero attached hydrogens (tertiary/aromatic N) is 3. The van der Waals surface area contributed by atoms with E-state index in [-0.39, 0.29) is 24.3 Å². The van der Waals surface area contributed by atoms with Gasteiger partial charge in [-0.15, -0.1) is 0 Å². The molecule has 1 fully saturated rings. The van der Waals surface area contributed by atoms with Crippen molar-refractivity contribution in [2.75, 3.05) is 0 Å². The minimum Gasteiger partial charge on any atom is -0.478 e. The number of carboxylic acid groups (broad SMARTS) is 1. The van der Waals surface area contributed by atoms with Crippen LogP contribution in [0.3, 0.4) is 0 Å². The van der Waals surface area contributed by atoms with Gasteiger partial charge in [0, 0.05) is 30.7 Å². The molecule has 0 radical (unpaired) electrons. The van der Waals surface area contributed by atoms with Gasteiger partial charge in [-0.25, -0.2) is 18.3 Å². The standard InChI is InChI=1S/C16H17F2N3O2/c1-10-6-13(21-9-12(7-20-21)15(22)23)8-19-14(10)11-2-4-16(17,18)5-3-11/h6-9,11H,2-5H2,1H3,(H,22,23). The second-order valence-corrected chi connectivity index (χ2v) is 6.00. The lowest BCUT2D eigenvalue weighted by atomic mass is 9.83. The van der Waals surface area contributed by atoms with E-state index in [1.807, 2.05) is 13.0 Å². The molecule has 0 bridgehead atoms. The van der Waals surface area contributed by atoms with E-state index in [0.29, 0.717) is 18.5 Å². The topological polar surface area (TPSA) is 68.0 Å². The SMILES string of the molecule is Cc1cc(-n2cc(C(=O)O)cn2)cnc1C1CCC(F)(F)CC1. The summed E-state index contributed by atoms with van der Waals surface area (Å²) in [6, 6.07) is 1.85. The van der Waals surface area contributed by atoms with Crippen molar-refractivity contribution >= 4 is 5.97 Å². The van der Waals surface area contributed by atoms with Gasteiger partial charge >= 0.3 is 5.97 Å². The van der Waals surface area contributed by atoms with Crippen molar-refractivity contribution in [2.45, 2.75) is 44.4 Å². The number of carboxylic acids is 1. The molecule has 3 rings (SSSR count). The van der Waals surface area contributed by atoms with Crippen molar-refractivity contribution in [1.82, 2.24) is 14.8 Å². The zero-order chi connectivity index (χ0) is 16.6. The smallest absolute Gasteiger partial charge is 0.338 e. The molecule has 1 saturated carbocycles. The van der Waals surface area contributed by atoms with E-state index in [1.165, 1.54) is 17.1 Å². The molecule has 1 aliphatic rings. The molecule has 23 heavy (non-hydrogen) atoms. The van der Waals surface area contributed by atoms with E-state index >= 15 is 0 Å². The van der Waals surface area contributed by atoms with Gasteiger partial charge in [0.1, 0.15) is 0 Å². The second kappa shape index (κ2) is 5.72. The molecule has 0 spiro atoms. The van der Waals surface area contributed by atoms with Crippen LogP contribution in [0, 0.1) is 6.92 Å². The number of pyridine rings is 1. The van der Waals surface area contributed by atoms with Gasteiger partial charge in [0.2, 0.25) is 5.92 Å². The van der Waals surface area contributed by atoms with Crippen molar-refractivity contribution in [3.05, 3.63) is 41.5 Å². The summed E-state index contributed by atoms with van der Waals surface area (Å²) in [7, 11) is 0. The van der Waals surface area contributed by atoms with Crippen LogP contribution in [0.1, 0.15) is 53.2 Å². The first-order valence-electron chi connectivity index (χ1n) is 7.48. The maximum absolute atomic E-state index is 13.3. The van der Waals surface area contributed by atoms with Crippen LogP contribution in [0.25, 0.3) is 5.69 Å². The lowest BCUT2D eigenvalue weighted by molar-refractivity contribution is -0.0385. The number of alkyl halides is 2. The monoisotopic (exact) mass is 321 g/mol. The van der Waals surface area contributed by atoms with Gasteiger partial charge in [-0.2, -0.15) is 5.10 Å². The summed E-state index contributed by atoms with van der Waals surface area (Å²) >= 11 is 0. The maximum Gasteiger partial charge on any atom is 0.338 e. The fraction of sp³-hybridized carbons (Fsp3) is 0.438. The third-order valence-electron chi connectivity index (χ3n) is 4.30. The highest BCUT2D eigenvalue weighted by atomic mass is 19.3. The number of carbonyl (C=O) groups is 1. The summed E-state index contributed by atoms with van der Waals surface area (Å²) in [5, 5.41) is 12.9. The Labute approximate surface area is 132 Å². The van der Waals surface area contributed by atoms with E-state index in [9.17, 15) is 13.6 Å². The predicted molar refractivity (Wildman–Crippen MR) is 79.2 cm³/mol. The van der Waals surface area contributed by atoms with Crippen LogP contribution < -0.4 is 0 Å². The van der Waals surface area contributed by atoms with Crippen LogP contribution in [0.5, 0.6) is 0 Å². The summed E-state index contributed by atoms with van der Waals surface area (Å²) in [5.41, 5.74) is 2.50. The number of rotatable bonds is 3. The molecule has 0 aliphatic heterocycles. The third kappa shape index (κ3) is 3.23. The van der Waals surface area contributed by atoms with Crippen molar-refractivity contribution < 1.29 is 18.7 Å². The first-order valence-corrected chi connectivity index (χ1v) is 7.48. The van der Waals surface area contributed by atoms with E-state index in [2.05, 4.69) is 10.1 Å². The van der Waals surface area contributed by atoms with Crippen LogP contribution in [0.2, 0.25) is 0 Å². The summed E-state index contributed by atoms with van der Waals surface area (Å²) in [6.07, 6.45) is 4.97. The quantitative estimate of drug-likeness (QED) is 0.938. The van der Waals surface area contributed by atoms with Gasteiger partial charge < -0.3 is 5.11 Å². The number of aromatic nitrogens is 3. The summed E-state index contributed by atoms with van der Waals surface area (Å²) in [4.78, 5) is 15.3. The minimum atomic E-state index is -2.55. The van der Waals surface area contributed by atoms with Gasteiger partial charge in [0.25, 0.3) is 0 Å². The molecule has 122 valence electrons. The fourth-order valence-corrected chi connectivity index (χ4v) is 3.01. The van der Waals surface area contributed by atoms with Gasteiger partial charge in [-0.3, -0.25) is 4.98 Å². The molecule has 1 N–H and O–H groups in total. The van der Waals surface area contributed by atoms with Crippen molar-refractivity contribution in [3.8, 4) is 5.69 Å².